The molecule has 2 aromatic heterocycles. The van der Waals surface area contributed by atoms with Crippen LogP contribution in [0.25, 0.3) is 81.0 Å². The van der Waals surface area contributed by atoms with Gasteiger partial charge in [-0.15, -0.1) is 11.3 Å². The number of hydrogen-bond donors (Lipinski definition) is 0. The molecule has 0 aliphatic heterocycles. The van der Waals surface area contributed by atoms with Gasteiger partial charge >= 0.3 is 0 Å². The molecule has 222 valence electrons. The fraction of sp³-hybridized carbons (Fsp3) is 0.0667. The Labute approximate surface area is 278 Å². The zero-order valence-electron chi connectivity index (χ0n) is 26.3. The van der Waals surface area contributed by atoms with Crippen molar-refractivity contribution in [3.05, 3.63) is 163 Å². The highest BCUT2D eigenvalue weighted by Gasteiger charge is 2.36. The highest BCUT2D eigenvalue weighted by molar-refractivity contribution is 7.26. The van der Waals surface area contributed by atoms with Crippen LogP contribution in [-0.4, -0.2) is 4.57 Å². The Morgan fingerprint density at radius 1 is 0.447 bits per heavy atom. The maximum absolute atomic E-state index is 2.49. The normalized spacial score (nSPS) is 13.5. The minimum absolute atomic E-state index is 0.0661. The predicted octanol–water partition coefficient (Wildman–Crippen LogP) is 12.8. The molecule has 1 aliphatic carbocycles. The third-order valence-electron chi connectivity index (χ3n) is 10.4. The molecule has 0 fully saturated rings. The number of aromatic nitrogens is 1. The van der Waals surface area contributed by atoms with Crippen LogP contribution in [0, 0.1) is 0 Å². The smallest absolute Gasteiger partial charge is 0.0547 e. The van der Waals surface area contributed by atoms with E-state index in [1.807, 2.05) is 11.3 Å². The van der Waals surface area contributed by atoms with Crippen LogP contribution in [0.1, 0.15) is 25.0 Å². The molecule has 0 unspecified atom stereocenters. The topological polar surface area (TPSA) is 4.93 Å². The molecule has 1 nitrogen and oxygen atoms in total. The van der Waals surface area contributed by atoms with Crippen molar-refractivity contribution in [1.82, 2.24) is 4.57 Å². The van der Waals surface area contributed by atoms with Gasteiger partial charge in [-0.2, -0.15) is 0 Å². The average Bonchev–Trinajstić information content (AvgIpc) is 3.73. The van der Waals surface area contributed by atoms with Crippen LogP contribution in [0.5, 0.6) is 0 Å². The molecule has 0 saturated heterocycles. The van der Waals surface area contributed by atoms with Crippen molar-refractivity contribution in [1.29, 1.82) is 0 Å². The molecule has 0 atom stereocenters. The van der Waals surface area contributed by atoms with Crippen LogP contribution in [0.2, 0.25) is 0 Å². The largest absolute Gasteiger partial charge is 0.309 e. The van der Waals surface area contributed by atoms with Crippen molar-refractivity contribution in [2.45, 2.75) is 19.3 Å². The quantitative estimate of drug-likeness (QED) is 0.186. The molecule has 9 aromatic rings. The third-order valence-corrected chi connectivity index (χ3v) is 11.6. The van der Waals surface area contributed by atoms with Crippen molar-refractivity contribution in [3.63, 3.8) is 0 Å². The van der Waals surface area contributed by atoms with E-state index in [0.29, 0.717) is 0 Å². The first kappa shape index (κ1) is 26.7. The van der Waals surface area contributed by atoms with Gasteiger partial charge in [-0.05, 0) is 80.9 Å². The Hall–Kier alpha value is -5.44. The lowest BCUT2D eigenvalue weighted by atomic mass is 9.82. The van der Waals surface area contributed by atoms with Gasteiger partial charge < -0.3 is 4.57 Å². The minimum atomic E-state index is -0.0661. The van der Waals surface area contributed by atoms with Crippen molar-refractivity contribution in [3.8, 4) is 39.1 Å². The molecule has 10 rings (SSSR count). The fourth-order valence-electron chi connectivity index (χ4n) is 8.06. The maximum Gasteiger partial charge on any atom is 0.0547 e. The number of hydrogen-bond acceptors (Lipinski definition) is 1. The van der Waals surface area contributed by atoms with Gasteiger partial charge in [0, 0.05) is 42.0 Å². The van der Waals surface area contributed by atoms with Gasteiger partial charge in [0.15, 0.2) is 0 Å². The molecule has 47 heavy (non-hydrogen) atoms. The molecular weight excluding hydrogens is 587 g/mol. The van der Waals surface area contributed by atoms with Gasteiger partial charge in [0.25, 0.3) is 0 Å². The highest BCUT2D eigenvalue weighted by atomic mass is 32.1. The Bertz CT molecular complexity index is 2690. The van der Waals surface area contributed by atoms with E-state index in [0.717, 1.165) is 0 Å². The molecule has 1 aliphatic rings. The minimum Gasteiger partial charge on any atom is -0.309 e. The SMILES string of the molecule is CC1(C)c2ccccc2-c2cc3c4ccc(-c5ccccc5)cc4n(-c4ccc(-c5cccc6c5sc5ccccc56)cc4)c3cc21. The Morgan fingerprint density at radius 2 is 1.15 bits per heavy atom. The zero-order valence-corrected chi connectivity index (χ0v) is 27.1. The van der Waals surface area contributed by atoms with E-state index in [2.05, 4.69) is 170 Å². The summed E-state index contributed by atoms with van der Waals surface area (Å²) in [4.78, 5) is 0. The summed E-state index contributed by atoms with van der Waals surface area (Å²) in [6.45, 7) is 4.74. The first-order chi connectivity index (χ1) is 23.1. The van der Waals surface area contributed by atoms with E-state index in [4.69, 9.17) is 0 Å². The van der Waals surface area contributed by atoms with Crippen molar-refractivity contribution in [2.75, 3.05) is 0 Å². The number of rotatable bonds is 3. The molecule has 2 heteroatoms. The Balaban J connectivity index is 1.21. The lowest BCUT2D eigenvalue weighted by Gasteiger charge is -2.21. The molecule has 7 aromatic carbocycles. The molecule has 0 N–H and O–H groups in total. The number of nitrogens with zero attached hydrogens (tertiary/aromatic N) is 1. The third kappa shape index (κ3) is 3.83. The van der Waals surface area contributed by atoms with Crippen LogP contribution in [0.15, 0.2) is 152 Å². The summed E-state index contributed by atoms with van der Waals surface area (Å²) in [6, 6.07) is 56.3. The second-order valence-corrected chi connectivity index (χ2v) is 14.4. The van der Waals surface area contributed by atoms with E-state index in [-0.39, 0.29) is 5.41 Å². The van der Waals surface area contributed by atoms with Gasteiger partial charge in [-0.3, -0.25) is 0 Å². The monoisotopic (exact) mass is 617 g/mol. The van der Waals surface area contributed by atoms with Gasteiger partial charge in [0.2, 0.25) is 0 Å². The van der Waals surface area contributed by atoms with Gasteiger partial charge in [0.1, 0.15) is 0 Å². The summed E-state index contributed by atoms with van der Waals surface area (Å²) in [5, 5.41) is 5.25. The molecule has 0 amide bonds. The van der Waals surface area contributed by atoms with Crippen molar-refractivity contribution in [2.24, 2.45) is 0 Å². The molecule has 2 heterocycles. The van der Waals surface area contributed by atoms with E-state index < -0.39 is 0 Å². The van der Waals surface area contributed by atoms with E-state index in [9.17, 15) is 0 Å². The van der Waals surface area contributed by atoms with E-state index >= 15 is 0 Å². The predicted molar refractivity (Wildman–Crippen MR) is 202 cm³/mol. The summed E-state index contributed by atoms with van der Waals surface area (Å²) in [6.07, 6.45) is 0. The Kier molecular flexibility index (Phi) is 5.57. The molecule has 0 spiro atoms. The highest BCUT2D eigenvalue weighted by Crippen LogP contribution is 2.51. The Morgan fingerprint density at radius 3 is 2.02 bits per heavy atom. The van der Waals surface area contributed by atoms with Crippen LogP contribution in [0.4, 0.5) is 0 Å². The maximum atomic E-state index is 2.49. The lowest BCUT2D eigenvalue weighted by Crippen LogP contribution is -2.14. The molecule has 0 radical (unpaired) electrons. The average molecular weight is 618 g/mol. The van der Waals surface area contributed by atoms with Crippen molar-refractivity contribution < 1.29 is 0 Å². The lowest BCUT2D eigenvalue weighted by molar-refractivity contribution is 0.661. The molecule has 0 saturated carbocycles. The van der Waals surface area contributed by atoms with Crippen LogP contribution >= 0.6 is 11.3 Å². The molecule has 0 bridgehead atoms. The number of fused-ring (bicyclic) bond motifs is 9. The van der Waals surface area contributed by atoms with Crippen LogP contribution in [0.3, 0.4) is 0 Å². The van der Waals surface area contributed by atoms with Crippen molar-refractivity contribution >= 4 is 53.3 Å². The summed E-state index contributed by atoms with van der Waals surface area (Å²) < 4.78 is 5.17. The van der Waals surface area contributed by atoms with E-state index in [1.165, 1.54) is 92.2 Å². The second-order valence-electron chi connectivity index (χ2n) is 13.3. The molecular formula is C45H31NS. The second kappa shape index (κ2) is 9.78. The van der Waals surface area contributed by atoms with Gasteiger partial charge in [0.05, 0.1) is 11.0 Å². The first-order valence-electron chi connectivity index (χ1n) is 16.4. The summed E-state index contributed by atoms with van der Waals surface area (Å²) in [5.74, 6) is 0. The summed E-state index contributed by atoms with van der Waals surface area (Å²) in [7, 11) is 0. The first-order valence-corrected chi connectivity index (χ1v) is 17.2. The van der Waals surface area contributed by atoms with Crippen LogP contribution < -0.4 is 0 Å². The van der Waals surface area contributed by atoms with E-state index in [1.54, 1.807) is 0 Å². The van der Waals surface area contributed by atoms with Gasteiger partial charge in [-0.25, -0.2) is 0 Å². The zero-order chi connectivity index (χ0) is 31.3. The fourth-order valence-corrected chi connectivity index (χ4v) is 9.30. The van der Waals surface area contributed by atoms with Gasteiger partial charge in [-0.1, -0.05) is 129 Å². The summed E-state index contributed by atoms with van der Waals surface area (Å²) in [5.41, 5.74) is 14.1. The standard InChI is InChI=1S/C45H31NS/c1-45(2)39-17-8-6-13-33(39)37-26-38-34-24-21-30(28-11-4-3-5-12-28)25-41(34)46(42(38)27-40(37)45)31-22-19-29(20-23-31)32-15-10-16-36-35-14-7-9-18-43(35)47-44(32)36/h3-27H,1-2H3. The van der Waals surface area contributed by atoms with Crippen LogP contribution in [-0.2, 0) is 5.41 Å². The summed E-state index contributed by atoms with van der Waals surface area (Å²) >= 11 is 1.89. The number of thiophene rings is 1. The number of benzene rings is 7.